The highest BCUT2D eigenvalue weighted by Gasteiger charge is 2.16. The van der Waals surface area contributed by atoms with E-state index in [0.29, 0.717) is 15.6 Å². The molecule has 0 saturated carbocycles. The van der Waals surface area contributed by atoms with Crippen LogP contribution in [-0.4, -0.2) is 26.2 Å². The van der Waals surface area contributed by atoms with E-state index >= 15 is 0 Å². The molecule has 0 saturated heterocycles. The molecule has 1 atom stereocenters. The zero-order valence-electron chi connectivity index (χ0n) is 9.62. The molecule has 0 aliphatic rings. The molecular weight excluding hydrogens is 291 g/mol. The van der Waals surface area contributed by atoms with E-state index in [2.05, 4.69) is 15.5 Å². The lowest BCUT2D eigenvalue weighted by Crippen LogP contribution is -2.30. The second kappa shape index (κ2) is 5.90. The number of rotatable bonds is 4. The smallest absolute Gasteiger partial charge is 0.405 e. The van der Waals surface area contributed by atoms with Gasteiger partial charge in [0.05, 0.1) is 35.0 Å². The zero-order chi connectivity index (χ0) is 13.8. The SMILES string of the molecule is O=C(O)N[C@@H](Cn1nccn1)c1ccc(Cl)c(Cl)c1. The van der Waals surface area contributed by atoms with Crippen molar-refractivity contribution in [2.24, 2.45) is 0 Å². The third kappa shape index (κ3) is 3.59. The number of aromatic nitrogens is 3. The van der Waals surface area contributed by atoms with Gasteiger partial charge in [0.15, 0.2) is 0 Å². The number of nitrogens with one attached hydrogen (secondary N) is 1. The molecule has 2 N–H and O–H groups in total. The summed E-state index contributed by atoms with van der Waals surface area (Å²) < 4.78 is 0. The Bertz CT molecular complexity index is 574. The van der Waals surface area contributed by atoms with Gasteiger partial charge in [-0.3, -0.25) is 0 Å². The van der Waals surface area contributed by atoms with Crippen molar-refractivity contribution in [1.29, 1.82) is 0 Å². The predicted octanol–water partition coefficient (Wildman–Crippen LogP) is 2.59. The van der Waals surface area contributed by atoms with Crippen molar-refractivity contribution in [2.45, 2.75) is 12.6 Å². The lowest BCUT2D eigenvalue weighted by Gasteiger charge is -2.17. The van der Waals surface area contributed by atoms with Crippen LogP contribution in [0.25, 0.3) is 0 Å². The van der Waals surface area contributed by atoms with Gasteiger partial charge in [-0.1, -0.05) is 29.3 Å². The first-order chi connectivity index (χ1) is 9.06. The van der Waals surface area contributed by atoms with Crippen molar-refractivity contribution in [2.75, 3.05) is 0 Å². The number of hydrogen-bond donors (Lipinski definition) is 2. The fourth-order valence-electron chi connectivity index (χ4n) is 1.61. The monoisotopic (exact) mass is 300 g/mol. The summed E-state index contributed by atoms with van der Waals surface area (Å²) in [5.41, 5.74) is 0.689. The summed E-state index contributed by atoms with van der Waals surface area (Å²) in [5, 5.41) is 19.9. The van der Waals surface area contributed by atoms with E-state index in [-0.39, 0.29) is 6.54 Å². The third-order valence-electron chi connectivity index (χ3n) is 2.46. The molecule has 6 nitrogen and oxygen atoms in total. The Morgan fingerprint density at radius 3 is 2.58 bits per heavy atom. The highest BCUT2D eigenvalue weighted by Crippen LogP contribution is 2.26. The van der Waals surface area contributed by atoms with Crippen LogP contribution in [-0.2, 0) is 6.54 Å². The van der Waals surface area contributed by atoms with Crippen molar-refractivity contribution in [3.63, 3.8) is 0 Å². The zero-order valence-corrected chi connectivity index (χ0v) is 11.1. The second-order valence-electron chi connectivity index (χ2n) is 3.76. The summed E-state index contributed by atoms with van der Waals surface area (Å²) in [5.74, 6) is 0. The summed E-state index contributed by atoms with van der Waals surface area (Å²) >= 11 is 11.8. The standard InChI is InChI=1S/C11H10Cl2N4O2/c12-8-2-1-7(5-9(8)13)10(16-11(18)19)6-17-14-3-4-15-17/h1-5,10,16H,6H2,(H,18,19)/t10-/m0/s1. The fraction of sp³-hybridized carbons (Fsp3) is 0.182. The molecule has 1 aromatic heterocycles. The van der Waals surface area contributed by atoms with Crippen LogP contribution in [0.4, 0.5) is 4.79 Å². The maximum Gasteiger partial charge on any atom is 0.405 e. The minimum atomic E-state index is -1.14. The summed E-state index contributed by atoms with van der Waals surface area (Å²) in [6.07, 6.45) is 1.91. The number of benzene rings is 1. The molecule has 19 heavy (non-hydrogen) atoms. The molecule has 0 unspecified atom stereocenters. The quantitative estimate of drug-likeness (QED) is 0.909. The molecule has 8 heteroatoms. The Labute approximate surface area is 118 Å². The third-order valence-corrected chi connectivity index (χ3v) is 3.20. The van der Waals surface area contributed by atoms with Gasteiger partial charge < -0.3 is 10.4 Å². The van der Waals surface area contributed by atoms with Gasteiger partial charge >= 0.3 is 6.09 Å². The minimum absolute atomic E-state index is 0.261. The van der Waals surface area contributed by atoms with Gasteiger partial charge in [-0.05, 0) is 17.7 Å². The van der Waals surface area contributed by atoms with Gasteiger partial charge in [0.25, 0.3) is 0 Å². The molecule has 0 spiro atoms. The number of hydrogen-bond acceptors (Lipinski definition) is 3. The van der Waals surface area contributed by atoms with Crippen LogP contribution in [0.5, 0.6) is 0 Å². The van der Waals surface area contributed by atoms with Gasteiger partial charge in [-0.25, -0.2) is 4.79 Å². The van der Waals surface area contributed by atoms with Gasteiger partial charge in [0.2, 0.25) is 0 Å². The van der Waals surface area contributed by atoms with E-state index in [9.17, 15) is 4.79 Å². The molecule has 2 aromatic rings. The Morgan fingerprint density at radius 2 is 2.00 bits per heavy atom. The first kappa shape index (κ1) is 13.6. The van der Waals surface area contributed by atoms with Crippen LogP contribution in [0.1, 0.15) is 11.6 Å². The van der Waals surface area contributed by atoms with E-state index < -0.39 is 12.1 Å². The molecule has 100 valence electrons. The van der Waals surface area contributed by atoms with Crippen LogP contribution in [0, 0.1) is 0 Å². The average Bonchev–Trinajstić information content (AvgIpc) is 2.84. The second-order valence-corrected chi connectivity index (χ2v) is 4.57. The molecule has 2 rings (SSSR count). The molecule has 0 bridgehead atoms. The molecule has 0 aliphatic heterocycles. The normalized spacial score (nSPS) is 12.1. The molecule has 0 fully saturated rings. The Kier molecular flexibility index (Phi) is 4.24. The Morgan fingerprint density at radius 1 is 1.32 bits per heavy atom. The molecular formula is C11H10Cl2N4O2. The van der Waals surface area contributed by atoms with Crippen LogP contribution in [0.15, 0.2) is 30.6 Å². The maximum atomic E-state index is 10.8. The van der Waals surface area contributed by atoms with E-state index in [1.807, 2.05) is 0 Å². The predicted molar refractivity (Wildman–Crippen MR) is 70.4 cm³/mol. The number of carbonyl (C=O) groups is 1. The van der Waals surface area contributed by atoms with Gasteiger partial charge in [-0.2, -0.15) is 15.0 Å². The fourth-order valence-corrected chi connectivity index (χ4v) is 1.92. The topological polar surface area (TPSA) is 80.0 Å². The molecule has 0 aliphatic carbocycles. The lowest BCUT2D eigenvalue weighted by atomic mass is 10.1. The van der Waals surface area contributed by atoms with E-state index in [0.717, 1.165) is 0 Å². The highest BCUT2D eigenvalue weighted by atomic mass is 35.5. The van der Waals surface area contributed by atoms with Gasteiger partial charge in [-0.15, -0.1) is 0 Å². The van der Waals surface area contributed by atoms with Crippen LogP contribution >= 0.6 is 23.2 Å². The van der Waals surface area contributed by atoms with Crippen molar-refractivity contribution in [3.8, 4) is 0 Å². The van der Waals surface area contributed by atoms with E-state index in [1.165, 1.54) is 17.2 Å². The van der Waals surface area contributed by atoms with Crippen LogP contribution < -0.4 is 5.32 Å². The Hall–Kier alpha value is -1.79. The molecule has 1 heterocycles. The van der Waals surface area contributed by atoms with E-state index in [4.69, 9.17) is 28.3 Å². The van der Waals surface area contributed by atoms with Crippen molar-refractivity contribution in [3.05, 3.63) is 46.2 Å². The molecule has 0 radical (unpaired) electrons. The van der Waals surface area contributed by atoms with Crippen molar-refractivity contribution >= 4 is 29.3 Å². The summed E-state index contributed by atoms with van der Waals surface area (Å²) in [6.45, 7) is 0.261. The Balaban J connectivity index is 2.25. The number of carboxylic acid groups (broad SMARTS) is 1. The van der Waals surface area contributed by atoms with Gasteiger partial charge in [0, 0.05) is 0 Å². The summed E-state index contributed by atoms with van der Waals surface area (Å²) in [4.78, 5) is 12.2. The first-order valence-corrected chi connectivity index (χ1v) is 6.10. The number of nitrogens with zero attached hydrogens (tertiary/aromatic N) is 3. The van der Waals surface area contributed by atoms with E-state index in [1.54, 1.807) is 18.2 Å². The first-order valence-electron chi connectivity index (χ1n) is 5.35. The lowest BCUT2D eigenvalue weighted by molar-refractivity contribution is 0.187. The van der Waals surface area contributed by atoms with Crippen LogP contribution in [0.3, 0.4) is 0 Å². The van der Waals surface area contributed by atoms with Crippen molar-refractivity contribution < 1.29 is 9.90 Å². The summed E-state index contributed by atoms with van der Waals surface area (Å²) in [6, 6.07) is 4.43. The number of halogens is 2. The maximum absolute atomic E-state index is 10.8. The summed E-state index contributed by atoms with van der Waals surface area (Å²) in [7, 11) is 0. The van der Waals surface area contributed by atoms with Crippen LogP contribution in [0.2, 0.25) is 10.0 Å². The van der Waals surface area contributed by atoms with Crippen molar-refractivity contribution in [1.82, 2.24) is 20.3 Å². The highest BCUT2D eigenvalue weighted by molar-refractivity contribution is 6.42. The number of amides is 1. The molecule has 1 aromatic carbocycles. The average molecular weight is 301 g/mol. The largest absolute Gasteiger partial charge is 0.465 e. The minimum Gasteiger partial charge on any atom is -0.465 e. The van der Waals surface area contributed by atoms with Gasteiger partial charge in [0.1, 0.15) is 0 Å². The molecule has 1 amide bonds.